The van der Waals surface area contributed by atoms with Crippen LogP contribution in [0.4, 0.5) is 0 Å². The molecule has 1 saturated heterocycles. The van der Waals surface area contributed by atoms with E-state index in [1.165, 1.54) is 0 Å². The number of aromatic hydroxyl groups is 1. The van der Waals surface area contributed by atoms with Gasteiger partial charge in [0.15, 0.2) is 0 Å². The van der Waals surface area contributed by atoms with Crippen LogP contribution in [0, 0.1) is 6.92 Å². The summed E-state index contributed by atoms with van der Waals surface area (Å²) in [4.78, 5) is 14.2. The molecular formula is C13H18N2O2. The summed E-state index contributed by atoms with van der Waals surface area (Å²) in [7, 11) is 0. The summed E-state index contributed by atoms with van der Waals surface area (Å²) in [6.07, 6.45) is 0. The zero-order chi connectivity index (χ0) is 12.4. The molecule has 0 aromatic heterocycles. The summed E-state index contributed by atoms with van der Waals surface area (Å²) in [6.45, 7) is 6.30. The van der Waals surface area contributed by atoms with E-state index in [1.54, 1.807) is 18.2 Å². The van der Waals surface area contributed by atoms with Crippen molar-refractivity contribution in [2.24, 2.45) is 0 Å². The van der Waals surface area contributed by atoms with E-state index in [4.69, 9.17) is 0 Å². The monoisotopic (exact) mass is 234 g/mol. The molecule has 0 unspecified atom stereocenters. The molecule has 1 heterocycles. The predicted octanol–water partition coefficient (Wildman–Crippen LogP) is 1.13. The molecule has 2 rings (SSSR count). The standard InChI is InChI=1S/C13H18N2O2/c1-3-15(10-7-14-8-10)13(17)12-5-4-11(16)6-9(12)2/h4-6,10,14,16H,3,7-8H2,1-2H3. The van der Waals surface area contributed by atoms with Crippen LogP contribution in [-0.4, -0.2) is 41.6 Å². The highest BCUT2D eigenvalue weighted by atomic mass is 16.3. The maximum absolute atomic E-state index is 12.4. The molecular weight excluding hydrogens is 216 g/mol. The largest absolute Gasteiger partial charge is 0.508 e. The zero-order valence-electron chi connectivity index (χ0n) is 10.2. The Hall–Kier alpha value is -1.55. The zero-order valence-corrected chi connectivity index (χ0v) is 10.2. The summed E-state index contributed by atoms with van der Waals surface area (Å²) in [5.41, 5.74) is 1.50. The lowest BCUT2D eigenvalue weighted by atomic mass is 10.0. The molecule has 0 bridgehead atoms. The summed E-state index contributed by atoms with van der Waals surface area (Å²) >= 11 is 0. The van der Waals surface area contributed by atoms with Crippen LogP contribution in [-0.2, 0) is 0 Å². The van der Waals surface area contributed by atoms with Gasteiger partial charge in [-0.2, -0.15) is 0 Å². The average Bonchev–Trinajstić information content (AvgIpc) is 2.22. The van der Waals surface area contributed by atoms with Crippen LogP contribution in [0.2, 0.25) is 0 Å². The highest BCUT2D eigenvalue weighted by molar-refractivity contribution is 5.96. The van der Waals surface area contributed by atoms with Crippen LogP contribution < -0.4 is 5.32 Å². The van der Waals surface area contributed by atoms with E-state index < -0.39 is 0 Å². The van der Waals surface area contributed by atoms with Crippen LogP contribution in [0.15, 0.2) is 18.2 Å². The first-order valence-corrected chi connectivity index (χ1v) is 5.94. The van der Waals surface area contributed by atoms with E-state index in [0.29, 0.717) is 18.2 Å². The van der Waals surface area contributed by atoms with Crippen LogP contribution in [0.25, 0.3) is 0 Å². The molecule has 1 fully saturated rings. The number of hydrogen-bond acceptors (Lipinski definition) is 3. The number of nitrogens with zero attached hydrogens (tertiary/aromatic N) is 1. The Bertz CT molecular complexity index is 427. The van der Waals surface area contributed by atoms with Gasteiger partial charge in [0, 0.05) is 25.2 Å². The van der Waals surface area contributed by atoms with Crippen molar-refractivity contribution in [1.29, 1.82) is 0 Å². The second-order valence-electron chi connectivity index (χ2n) is 4.40. The molecule has 1 aromatic rings. The topological polar surface area (TPSA) is 52.6 Å². The predicted molar refractivity (Wildman–Crippen MR) is 66.2 cm³/mol. The average molecular weight is 234 g/mol. The Kier molecular flexibility index (Phi) is 3.33. The SMILES string of the molecule is CCN(C(=O)c1ccc(O)cc1C)C1CNC1. The normalized spacial score (nSPS) is 15.4. The number of phenols is 1. The second-order valence-corrected chi connectivity index (χ2v) is 4.40. The molecule has 1 aromatic carbocycles. The first-order chi connectivity index (χ1) is 8.13. The number of amides is 1. The van der Waals surface area contributed by atoms with Gasteiger partial charge in [-0.3, -0.25) is 4.79 Å². The molecule has 4 heteroatoms. The molecule has 0 atom stereocenters. The third-order valence-corrected chi connectivity index (χ3v) is 3.24. The van der Waals surface area contributed by atoms with Gasteiger partial charge in [0.2, 0.25) is 0 Å². The van der Waals surface area contributed by atoms with Crippen molar-refractivity contribution in [3.05, 3.63) is 29.3 Å². The number of phenolic OH excluding ortho intramolecular Hbond substituents is 1. The van der Waals surface area contributed by atoms with Crippen LogP contribution in [0.1, 0.15) is 22.8 Å². The summed E-state index contributed by atoms with van der Waals surface area (Å²) in [6, 6.07) is 5.19. The maximum atomic E-state index is 12.4. The van der Waals surface area contributed by atoms with Gasteiger partial charge in [0.1, 0.15) is 5.75 Å². The number of likely N-dealkylation sites (N-methyl/N-ethyl adjacent to an activating group) is 1. The molecule has 1 amide bonds. The third kappa shape index (κ3) is 2.26. The molecule has 0 saturated carbocycles. The molecule has 0 radical (unpaired) electrons. The van der Waals surface area contributed by atoms with Gasteiger partial charge in [-0.05, 0) is 37.6 Å². The fourth-order valence-corrected chi connectivity index (χ4v) is 2.10. The molecule has 92 valence electrons. The number of carbonyl (C=O) groups excluding carboxylic acids is 1. The minimum Gasteiger partial charge on any atom is -0.508 e. The van der Waals surface area contributed by atoms with Crippen molar-refractivity contribution in [1.82, 2.24) is 10.2 Å². The first-order valence-electron chi connectivity index (χ1n) is 5.94. The number of aryl methyl sites for hydroxylation is 1. The van der Waals surface area contributed by atoms with E-state index in [2.05, 4.69) is 5.32 Å². The lowest BCUT2D eigenvalue weighted by molar-refractivity contribution is 0.0629. The van der Waals surface area contributed by atoms with Gasteiger partial charge in [-0.15, -0.1) is 0 Å². The smallest absolute Gasteiger partial charge is 0.254 e. The highest BCUT2D eigenvalue weighted by Gasteiger charge is 2.28. The van der Waals surface area contributed by atoms with Gasteiger partial charge < -0.3 is 15.3 Å². The summed E-state index contributed by atoms with van der Waals surface area (Å²) in [5.74, 6) is 0.254. The van der Waals surface area contributed by atoms with Crippen LogP contribution in [0.5, 0.6) is 5.75 Å². The van der Waals surface area contributed by atoms with Crippen molar-refractivity contribution < 1.29 is 9.90 Å². The molecule has 2 N–H and O–H groups in total. The van der Waals surface area contributed by atoms with Gasteiger partial charge in [0.05, 0.1) is 6.04 Å². The number of nitrogens with one attached hydrogen (secondary N) is 1. The molecule has 0 aliphatic carbocycles. The van der Waals surface area contributed by atoms with E-state index in [-0.39, 0.29) is 11.7 Å². The number of hydrogen-bond donors (Lipinski definition) is 2. The lowest BCUT2D eigenvalue weighted by Gasteiger charge is -2.37. The molecule has 1 aliphatic heterocycles. The summed E-state index contributed by atoms with van der Waals surface area (Å²) in [5, 5.41) is 12.5. The van der Waals surface area contributed by atoms with Crippen molar-refractivity contribution >= 4 is 5.91 Å². The molecule has 0 spiro atoms. The Labute approximate surface area is 101 Å². The van der Waals surface area contributed by atoms with E-state index >= 15 is 0 Å². The second kappa shape index (κ2) is 4.75. The first kappa shape index (κ1) is 11.9. The fraction of sp³-hybridized carbons (Fsp3) is 0.462. The van der Waals surface area contributed by atoms with Crippen molar-refractivity contribution in [2.45, 2.75) is 19.9 Å². The molecule has 1 aliphatic rings. The van der Waals surface area contributed by atoms with Crippen LogP contribution >= 0.6 is 0 Å². The van der Waals surface area contributed by atoms with Gasteiger partial charge in [-0.1, -0.05) is 0 Å². The van der Waals surface area contributed by atoms with E-state index in [0.717, 1.165) is 18.7 Å². The number of benzene rings is 1. The number of rotatable bonds is 3. The Morgan fingerprint density at radius 3 is 2.71 bits per heavy atom. The van der Waals surface area contributed by atoms with E-state index in [1.807, 2.05) is 18.7 Å². The van der Waals surface area contributed by atoms with Crippen molar-refractivity contribution in [2.75, 3.05) is 19.6 Å². The highest BCUT2D eigenvalue weighted by Crippen LogP contribution is 2.19. The maximum Gasteiger partial charge on any atom is 0.254 e. The molecule has 17 heavy (non-hydrogen) atoms. The minimum atomic E-state index is 0.0523. The fourth-order valence-electron chi connectivity index (χ4n) is 2.10. The Morgan fingerprint density at radius 1 is 1.53 bits per heavy atom. The Balaban J connectivity index is 2.22. The van der Waals surface area contributed by atoms with Crippen molar-refractivity contribution in [3.63, 3.8) is 0 Å². The van der Waals surface area contributed by atoms with Crippen molar-refractivity contribution in [3.8, 4) is 5.75 Å². The number of carbonyl (C=O) groups is 1. The van der Waals surface area contributed by atoms with Gasteiger partial charge in [0.25, 0.3) is 5.91 Å². The van der Waals surface area contributed by atoms with Gasteiger partial charge in [-0.25, -0.2) is 0 Å². The molecule has 4 nitrogen and oxygen atoms in total. The van der Waals surface area contributed by atoms with E-state index in [9.17, 15) is 9.90 Å². The van der Waals surface area contributed by atoms with Gasteiger partial charge >= 0.3 is 0 Å². The Morgan fingerprint density at radius 2 is 2.24 bits per heavy atom. The van der Waals surface area contributed by atoms with Crippen LogP contribution in [0.3, 0.4) is 0 Å². The lowest BCUT2D eigenvalue weighted by Crippen LogP contribution is -2.58. The quantitative estimate of drug-likeness (QED) is 0.824. The minimum absolute atomic E-state index is 0.0523. The summed E-state index contributed by atoms with van der Waals surface area (Å²) < 4.78 is 0. The third-order valence-electron chi connectivity index (χ3n) is 3.24.